The number of benzene rings is 3. The molecule has 0 fully saturated rings. The molecule has 9 heteroatoms. The Morgan fingerprint density at radius 1 is 0.932 bits per heavy atom. The number of nitrogens with zero attached hydrogens (tertiary/aromatic N) is 2. The van der Waals surface area contributed by atoms with Crippen molar-refractivity contribution in [1.29, 1.82) is 0 Å². The minimum Gasteiger partial charge on any atom is -0.469 e. The number of oxazole rings is 2. The highest BCUT2D eigenvalue weighted by Gasteiger charge is 2.43. The van der Waals surface area contributed by atoms with E-state index in [0.29, 0.717) is 41.8 Å². The molecule has 0 aliphatic carbocycles. The number of aromatic nitrogens is 3. The van der Waals surface area contributed by atoms with Crippen LogP contribution in [0.5, 0.6) is 5.75 Å². The minimum absolute atomic E-state index is 0.0330. The van der Waals surface area contributed by atoms with Crippen molar-refractivity contribution in [3.63, 3.8) is 0 Å². The summed E-state index contributed by atoms with van der Waals surface area (Å²) in [6, 6.07) is 20.2. The van der Waals surface area contributed by atoms with Gasteiger partial charge in [-0.3, -0.25) is 4.79 Å². The average Bonchev–Trinajstić information content (AvgIpc) is 3.81. The van der Waals surface area contributed by atoms with Crippen molar-refractivity contribution < 1.29 is 18.4 Å². The van der Waals surface area contributed by atoms with Gasteiger partial charge in [0.25, 0.3) is 0 Å². The van der Waals surface area contributed by atoms with Gasteiger partial charge in [-0.25, -0.2) is 9.97 Å². The van der Waals surface area contributed by atoms with Crippen molar-refractivity contribution >= 4 is 22.5 Å². The Balaban J connectivity index is 1.35. The van der Waals surface area contributed by atoms with E-state index in [4.69, 9.17) is 23.5 Å². The Morgan fingerprint density at radius 2 is 1.82 bits per heavy atom. The van der Waals surface area contributed by atoms with E-state index in [9.17, 15) is 4.79 Å². The topological polar surface area (TPSA) is 118 Å². The van der Waals surface area contributed by atoms with Crippen molar-refractivity contribution in [2.75, 3.05) is 5.32 Å². The first-order valence-corrected chi connectivity index (χ1v) is 15.0. The molecule has 6 heterocycles. The van der Waals surface area contributed by atoms with E-state index in [-0.39, 0.29) is 17.7 Å². The van der Waals surface area contributed by atoms with Gasteiger partial charge in [0.1, 0.15) is 17.7 Å². The first-order valence-electron chi connectivity index (χ1n) is 15.0. The summed E-state index contributed by atoms with van der Waals surface area (Å²) < 4.78 is 19.9. The number of hydrogen-bond donors (Lipinski definition) is 3. The molecule has 44 heavy (non-hydrogen) atoms. The summed E-state index contributed by atoms with van der Waals surface area (Å²) in [5, 5.41) is 7.95. The fourth-order valence-electron chi connectivity index (χ4n) is 6.84. The van der Waals surface area contributed by atoms with Crippen LogP contribution in [0.3, 0.4) is 0 Å². The highest BCUT2D eigenvalue weighted by molar-refractivity contribution is 6.06. The monoisotopic (exact) mass is 583 g/mol. The lowest BCUT2D eigenvalue weighted by Gasteiger charge is -2.23. The lowest BCUT2D eigenvalue weighted by Crippen LogP contribution is -2.32. The molecule has 0 radical (unpaired) electrons. The molecular weight excluding hydrogens is 554 g/mol. The second-order valence-electron chi connectivity index (χ2n) is 12.1. The summed E-state index contributed by atoms with van der Waals surface area (Å²) in [4.78, 5) is 26.2. The number of aromatic amines is 1. The van der Waals surface area contributed by atoms with Gasteiger partial charge in [0.2, 0.25) is 17.7 Å². The van der Waals surface area contributed by atoms with Gasteiger partial charge in [-0.1, -0.05) is 56.3 Å². The van der Waals surface area contributed by atoms with Crippen LogP contribution in [0, 0.1) is 5.92 Å². The van der Waals surface area contributed by atoms with Crippen LogP contribution < -0.4 is 15.4 Å². The number of H-pyrrole nitrogens is 1. The fraction of sp³-hybridized carbons (Fsp3) is 0.229. The Morgan fingerprint density at radius 3 is 2.73 bits per heavy atom. The summed E-state index contributed by atoms with van der Waals surface area (Å²) in [7, 11) is 0. The van der Waals surface area contributed by atoms with Gasteiger partial charge in [-0.05, 0) is 41.7 Å². The predicted octanol–water partition coefficient (Wildman–Crippen LogP) is 7.18. The lowest BCUT2D eigenvalue weighted by atomic mass is 9.92. The molecule has 6 aromatic rings. The second kappa shape index (κ2) is 9.34. The highest BCUT2D eigenvalue weighted by Crippen LogP contribution is 2.49. The van der Waals surface area contributed by atoms with Crippen LogP contribution in [0.4, 0.5) is 5.69 Å². The molecule has 3 aliphatic heterocycles. The van der Waals surface area contributed by atoms with Crippen LogP contribution in [0.2, 0.25) is 0 Å². The summed E-state index contributed by atoms with van der Waals surface area (Å²) in [5.74, 6) is 2.34. The van der Waals surface area contributed by atoms with Crippen molar-refractivity contribution in [3.05, 3.63) is 95.8 Å². The van der Waals surface area contributed by atoms with Gasteiger partial charge in [0, 0.05) is 45.9 Å². The third kappa shape index (κ3) is 3.75. The Bertz CT molecular complexity index is 2100. The highest BCUT2D eigenvalue weighted by atomic mass is 16.5. The number of amides is 1. The number of aryl methyl sites for hydroxylation is 1. The SMILES string of the molecule is CC(C)C1NC(=O)CCc2ccc3c(c2)C2c4oc1nc4-c1ncc(o1)-c1c[nH]c4cccc(c14)-c1ccccc1NC2O3. The first-order chi connectivity index (χ1) is 21.5. The molecule has 3 aromatic heterocycles. The van der Waals surface area contributed by atoms with Gasteiger partial charge >= 0.3 is 0 Å². The van der Waals surface area contributed by atoms with E-state index < -0.39 is 12.3 Å². The molecule has 9 nitrogen and oxygen atoms in total. The summed E-state index contributed by atoms with van der Waals surface area (Å²) in [5.41, 5.74) is 7.44. The molecule has 0 spiro atoms. The number of ether oxygens (including phenoxy) is 1. The molecule has 9 rings (SSSR count). The maximum atomic E-state index is 13.1. The van der Waals surface area contributed by atoms with Crippen LogP contribution >= 0.6 is 0 Å². The van der Waals surface area contributed by atoms with Crippen molar-refractivity contribution in [2.45, 2.75) is 44.9 Å². The third-order valence-electron chi connectivity index (χ3n) is 9.00. The Labute approximate surface area is 252 Å². The maximum absolute atomic E-state index is 13.1. The fourth-order valence-corrected chi connectivity index (χ4v) is 6.84. The molecule has 0 saturated carbocycles. The zero-order valence-corrected chi connectivity index (χ0v) is 24.2. The maximum Gasteiger partial charge on any atom is 0.249 e. The van der Waals surface area contributed by atoms with E-state index >= 15 is 0 Å². The number of anilines is 1. The zero-order valence-electron chi connectivity index (χ0n) is 24.2. The van der Waals surface area contributed by atoms with E-state index in [1.165, 1.54) is 0 Å². The normalized spacial score (nSPS) is 20.0. The molecule has 3 unspecified atom stereocenters. The number of nitrogens with one attached hydrogen (secondary N) is 3. The minimum atomic E-state index is -0.518. The van der Waals surface area contributed by atoms with E-state index in [0.717, 1.165) is 50.2 Å². The quantitative estimate of drug-likeness (QED) is 0.188. The summed E-state index contributed by atoms with van der Waals surface area (Å²) >= 11 is 0. The largest absolute Gasteiger partial charge is 0.469 e. The lowest BCUT2D eigenvalue weighted by molar-refractivity contribution is -0.122. The van der Waals surface area contributed by atoms with E-state index in [2.05, 4.69) is 52.0 Å². The average molecular weight is 584 g/mol. The van der Waals surface area contributed by atoms with Crippen LogP contribution in [-0.4, -0.2) is 27.1 Å². The standard InChI is InChI=1S/C35H29N5O4/c1-17(2)30-35-40-31-32(44-35)29-21-14-18(11-13-27(41)39-30)10-12-25(21)42-33(29)38-23-8-4-3-6-19(23)20-7-5-9-24-28(20)22(15-36-24)26-16-37-34(31)43-26/h3-10,12,14-17,29-30,33,36,38H,11,13H2,1-2H3,(H,39,41). The van der Waals surface area contributed by atoms with E-state index in [1.54, 1.807) is 6.20 Å². The van der Waals surface area contributed by atoms with Crippen LogP contribution in [0.1, 0.15) is 55.0 Å². The second-order valence-corrected chi connectivity index (χ2v) is 12.1. The smallest absolute Gasteiger partial charge is 0.249 e. The van der Waals surface area contributed by atoms with E-state index in [1.807, 2.05) is 44.3 Å². The number of para-hydroxylation sites is 1. The number of fused-ring (bicyclic) bond motifs is 8. The molecule has 6 bridgehead atoms. The molecule has 3 aromatic carbocycles. The number of hydrogen-bond acceptors (Lipinski definition) is 7. The van der Waals surface area contributed by atoms with Gasteiger partial charge in [-0.15, -0.1) is 0 Å². The number of carbonyl (C=O) groups excluding carboxylic acids is 1. The molecule has 0 saturated heterocycles. The molecule has 3 N–H and O–H groups in total. The molecule has 3 atom stereocenters. The zero-order chi connectivity index (χ0) is 29.5. The summed E-state index contributed by atoms with van der Waals surface area (Å²) in [6.45, 7) is 4.09. The van der Waals surface area contributed by atoms with Crippen molar-refractivity contribution in [2.24, 2.45) is 5.92 Å². The van der Waals surface area contributed by atoms with Gasteiger partial charge in [-0.2, -0.15) is 0 Å². The van der Waals surface area contributed by atoms with Crippen molar-refractivity contribution in [1.82, 2.24) is 20.3 Å². The summed E-state index contributed by atoms with van der Waals surface area (Å²) in [6.07, 6.45) is 4.15. The molecule has 3 aliphatic rings. The van der Waals surface area contributed by atoms with Gasteiger partial charge in [0.15, 0.2) is 23.4 Å². The van der Waals surface area contributed by atoms with Crippen LogP contribution in [-0.2, 0) is 11.2 Å². The third-order valence-corrected chi connectivity index (χ3v) is 9.00. The van der Waals surface area contributed by atoms with Gasteiger partial charge < -0.3 is 29.2 Å². The van der Waals surface area contributed by atoms with Crippen LogP contribution in [0.15, 0.2) is 81.9 Å². The van der Waals surface area contributed by atoms with Crippen molar-refractivity contribution in [3.8, 4) is 39.8 Å². The van der Waals surface area contributed by atoms with Gasteiger partial charge in [0.05, 0.1) is 6.20 Å². The predicted molar refractivity (Wildman–Crippen MR) is 165 cm³/mol. The Kier molecular flexibility index (Phi) is 5.35. The Hall–Kier alpha value is -5.31. The molecular formula is C35H29N5O4. The first kappa shape index (κ1) is 25.2. The molecule has 218 valence electrons. The molecule has 1 amide bonds. The number of carbonyl (C=O) groups is 1. The number of rotatable bonds is 1. The van der Waals surface area contributed by atoms with Crippen LogP contribution in [0.25, 0.3) is 44.9 Å².